The van der Waals surface area contributed by atoms with Crippen molar-refractivity contribution in [1.29, 1.82) is 0 Å². The standard InChI is InChI=1S/C20H23N3O5/c1-13-17(25)22-12-6-9-15(22)20(27)23(13)18(26)19(2,28-20)21-16(24)11-10-14-7-4-3-5-8-14/h3-5,7-8,10-11,13,15,27H,6,9,12H2,1-2H3,(H,21,24)/t13-,15+,19-,20+/m1/s1. The van der Waals surface area contributed by atoms with Crippen molar-refractivity contribution in [3.8, 4) is 0 Å². The molecule has 4 atom stereocenters. The van der Waals surface area contributed by atoms with Crippen LogP contribution in [0.25, 0.3) is 6.08 Å². The van der Waals surface area contributed by atoms with E-state index in [9.17, 15) is 19.5 Å². The lowest BCUT2D eigenvalue weighted by molar-refractivity contribution is -0.314. The zero-order valence-corrected chi connectivity index (χ0v) is 15.8. The van der Waals surface area contributed by atoms with Gasteiger partial charge in [-0.15, -0.1) is 0 Å². The number of carbonyl (C=O) groups is 3. The van der Waals surface area contributed by atoms with Crippen LogP contribution >= 0.6 is 0 Å². The normalized spacial score (nSPS) is 34.7. The van der Waals surface area contributed by atoms with Gasteiger partial charge in [0.15, 0.2) is 0 Å². The van der Waals surface area contributed by atoms with E-state index < -0.39 is 35.5 Å². The highest BCUT2D eigenvalue weighted by atomic mass is 16.7. The number of piperazine rings is 1. The van der Waals surface area contributed by atoms with E-state index in [1.54, 1.807) is 17.9 Å². The molecule has 2 N–H and O–H groups in total. The van der Waals surface area contributed by atoms with Gasteiger partial charge >= 0.3 is 0 Å². The number of nitrogens with one attached hydrogen (secondary N) is 1. The van der Waals surface area contributed by atoms with Crippen LogP contribution < -0.4 is 5.32 Å². The van der Waals surface area contributed by atoms with E-state index in [2.05, 4.69) is 5.32 Å². The maximum Gasteiger partial charge on any atom is 0.280 e. The van der Waals surface area contributed by atoms with Gasteiger partial charge in [0, 0.05) is 12.6 Å². The van der Waals surface area contributed by atoms with Crippen LogP contribution in [0.5, 0.6) is 0 Å². The Balaban J connectivity index is 1.57. The Morgan fingerprint density at radius 2 is 2.04 bits per heavy atom. The molecule has 8 heteroatoms. The summed E-state index contributed by atoms with van der Waals surface area (Å²) in [5.74, 6) is -3.34. The van der Waals surface area contributed by atoms with Gasteiger partial charge in [0.05, 0.1) is 0 Å². The van der Waals surface area contributed by atoms with Crippen molar-refractivity contribution in [2.24, 2.45) is 0 Å². The van der Waals surface area contributed by atoms with E-state index in [1.807, 2.05) is 30.3 Å². The Morgan fingerprint density at radius 1 is 1.32 bits per heavy atom. The SMILES string of the molecule is C[C@@H]1C(=O)N2CCC[C@H]2[C@]2(O)O[C@@](C)(NC(=O)C=Cc3ccccc3)C(=O)N12. The van der Waals surface area contributed by atoms with E-state index in [0.717, 1.165) is 16.9 Å². The van der Waals surface area contributed by atoms with Crippen LogP contribution in [-0.2, 0) is 19.1 Å². The van der Waals surface area contributed by atoms with E-state index in [4.69, 9.17) is 4.74 Å². The molecule has 0 spiro atoms. The van der Waals surface area contributed by atoms with Crippen molar-refractivity contribution < 1.29 is 24.2 Å². The van der Waals surface area contributed by atoms with Gasteiger partial charge in [0.1, 0.15) is 12.1 Å². The fourth-order valence-electron chi connectivity index (χ4n) is 4.31. The molecule has 0 bridgehead atoms. The molecule has 0 saturated carbocycles. The lowest BCUT2D eigenvalue weighted by Gasteiger charge is -2.47. The Kier molecular flexibility index (Phi) is 4.28. The van der Waals surface area contributed by atoms with Crippen molar-refractivity contribution in [3.63, 3.8) is 0 Å². The number of ether oxygens (including phenoxy) is 1. The van der Waals surface area contributed by atoms with Crippen LogP contribution in [0.2, 0.25) is 0 Å². The number of fused-ring (bicyclic) bond motifs is 3. The minimum absolute atomic E-state index is 0.219. The largest absolute Gasteiger partial charge is 0.347 e. The first-order valence-corrected chi connectivity index (χ1v) is 9.38. The number of carbonyl (C=O) groups excluding carboxylic acids is 3. The Labute approximate surface area is 162 Å². The molecule has 3 saturated heterocycles. The first-order valence-electron chi connectivity index (χ1n) is 9.38. The molecule has 148 valence electrons. The van der Waals surface area contributed by atoms with E-state index in [0.29, 0.717) is 13.0 Å². The third kappa shape index (κ3) is 2.71. The van der Waals surface area contributed by atoms with E-state index in [1.165, 1.54) is 13.0 Å². The molecule has 1 aromatic rings. The van der Waals surface area contributed by atoms with Crippen LogP contribution in [0.4, 0.5) is 0 Å². The molecular formula is C20H23N3O5. The first kappa shape index (κ1) is 18.6. The van der Waals surface area contributed by atoms with Crippen molar-refractivity contribution in [2.45, 2.75) is 50.4 Å². The molecule has 0 unspecified atom stereocenters. The molecule has 1 aromatic carbocycles. The monoisotopic (exact) mass is 385 g/mol. The molecule has 3 aliphatic heterocycles. The quantitative estimate of drug-likeness (QED) is 0.736. The zero-order chi connectivity index (χ0) is 20.1. The summed E-state index contributed by atoms with van der Waals surface area (Å²) < 4.78 is 5.78. The molecule has 0 radical (unpaired) electrons. The highest BCUT2D eigenvalue weighted by molar-refractivity contribution is 5.99. The number of amides is 3. The van der Waals surface area contributed by atoms with Gasteiger partial charge in [-0.3, -0.25) is 24.0 Å². The molecule has 0 aromatic heterocycles. The summed E-state index contributed by atoms with van der Waals surface area (Å²) in [5, 5.41) is 13.8. The topological polar surface area (TPSA) is 99.2 Å². The maximum absolute atomic E-state index is 13.1. The van der Waals surface area contributed by atoms with Gasteiger partial charge < -0.3 is 15.3 Å². The summed E-state index contributed by atoms with van der Waals surface area (Å²) in [5.41, 5.74) is -0.932. The number of benzene rings is 1. The molecule has 3 heterocycles. The second kappa shape index (κ2) is 6.42. The van der Waals surface area contributed by atoms with Gasteiger partial charge in [-0.2, -0.15) is 0 Å². The van der Waals surface area contributed by atoms with E-state index in [-0.39, 0.29) is 5.91 Å². The van der Waals surface area contributed by atoms with Gasteiger partial charge in [0.2, 0.25) is 17.5 Å². The average molecular weight is 385 g/mol. The van der Waals surface area contributed by atoms with Crippen LogP contribution in [0, 0.1) is 0 Å². The summed E-state index contributed by atoms with van der Waals surface area (Å²) in [7, 11) is 0. The summed E-state index contributed by atoms with van der Waals surface area (Å²) in [6, 6.07) is 7.74. The molecule has 0 aliphatic carbocycles. The number of aliphatic hydroxyl groups is 1. The summed E-state index contributed by atoms with van der Waals surface area (Å²) in [6.45, 7) is 3.48. The van der Waals surface area contributed by atoms with Crippen LogP contribution in [-0.4, -0.2) is 62.9 Å². The predicted molar refractivity (Wildman–Crippen MR) is 99.1 cm³/mol. The molecule has 3 fully saturated rings. The molecular weight excluding hydrogens is 362 g/mol. The lowest BCUT2D eigenvalue weighted by Crippen LogP contribution is -2.70. The number of nitrogens with zero attached hydrogens (tertiary/aromatic N) is 2. The fourth-order valence-corrected chi connectivity index (χ4v) is 4.31. The molecule has 4 rings (SSSR count). The minimum atomic E-state index is -1.95. The number of rotatable bonds is 3. The Bertz CT molecular complexity index is 857. The highest BCUT2D eigenvalue weighted by Crippen LogP contribution is 2.44. The predicted octanol–water partition coefficient (Wildman–Crippen LogP) is 0.430. The Hall–Kier alpha value is -2.71. The smallest absolute Gasteiger partial charge is 0.280 e. The van der Waals surface area contributed by atoms with Crippen molar-refractivity contribution in [2.75, 3.05) is 6.54 Å². The summed E-state index contributed by atoms with van der Waals surface area (Å²) >= 11 is 0. The van der Waals surface area contributed by atoms with Crippen LogP contribution in [0.15, 0.2) is 36.4 Å². The second-order valence-electron chi connectivity index (χ2n) is 7.57. The highest BCUT2D eigenvalue weighted by Gasteiger charge is 2.69. The zero-order valence-electron chi connectivity index (χ0n) is 15.8. The second-order valence-corrected chi connectivity index (χ2v) is 7.57. The summed E-state index contributed by atoms with van der Waals surface area (Å²) in [4.78, 5) is 40.7. The molecule has 3 aliphatic rings. The van der Waals surface area contributed by atoms with E-state index >= 15 is 0 Å². The number of hydrogen-bond donors (Lipinski definition) is 2. The molecule has 8 nitrogen and oxygen atoms in total. The average Bonchev–Trinajstić information content (AvgIpc) is 3.23. The van der Waals surface area contributed by atoms with Gasteiger partial charge in [0.25, 0.3) is 11.8 Å². The fraction of sp³-hybridized carbons (Fsp3) is 0.450. The van der Waals surface area contributed by atoms with Gasteiger partial charge in [-0.1, -0.05) is 30.3 Å². The maximum atomic E-state index is 13.1. The summed E-state index contributed by atoms with van der Waals surface area (Å²) in [6.07, 6.45) is 4.16. The Morgan fingerprint density at radius 3 is 2.75 bits per heavy atom. The van der Waals surface area contributed by atoms with Crippen LogP contribution in [0.1, 0.15) is 32.3 Å². The molecule has 3 amide bonds. The van der Waals surface area contributed by atoms with Gasteiger partial charge in [-0.25, -0.2) is 0 Å². The van der Waals surface area contributed by atoms with Crippen molar-refractivity contribution in [3.05, 3.63) is 42.0 Å². The van der Waals surface area contributed by atoms with Crippen molar-refractivity contribution in [1.82, 2.24) is 15.1 Å². The first-order chi connectivity index (χ1) is 13.3. The van der Waals surface area contributed by atoms with Crippen LogP contribution in [0.3, 0.4) is 0 Å². The van der Waals surface area contributed by atoms with Crippen molar-refractivity contribution >= 4 is 23.8 Å². The third-order valence-corrected chi connectivity index (χ3v) is 5.63. The van der Waals surface area contributed by atoms with Gasteiger partial charge in [-0.05, 0) is 38.3 Å². The lowest BCUT2D eigenvalue weighted by atomic mass is 10.0. The molecule has 28 heavy (non-hydrogen) atoms. The number of hydrogen-bond acceptors (Lipinski definition) is 5. The third-order valence-electron chi connectivity index (χ3n) is 5.63. The minimum Gasteiger partial charge on any atom is -0.347 e.